The number of rotatable bonds is 7. The average Bonchev–Trinajstić information content (AvgIpc) is 2.35. The van der Waals surface area contributed by atoms with Gasteiger partial charge in [-0.2, -0.15) is 0 Å². The molecule has 1 rings (SSSR count). The second kappa shape index (κ2) is 7.28. The van der Waals surface area contributed by atoms with Crippen LogP contribution < -0.4 is 10.1 Å². The van der Waals surface area contributed by atoms with E-state index in [4.69, 9.17) is 4.74 Å². The number of hydrogen-bond donors (Lipinski definition) is 1. The monoisotopic (exact) mass is 239 g/mol. The van der Waals surface area contributed by atoms with Crippen LogP contribution in [0.3, 0.4) is 0 Å². The summed E-state index contributed by atoms with van der Waals surface area (Å²) in [4.78, 5) is 0. The topological polar surface area (TPSA) is 21.3 Å². The summed E-state index contributed by atoms with van der Waals surface area (Å²) in [6, 6.07) is 5.15. The van der Waals surface area contributed by atoms with E-state index in [2.05, 4.69) is 12.2 Å². The van der Waals surface area contributed by atoms with Crippen LogP contribution in [-0.4, -0.2) is 14.2 Å². The van der Waals surface area contributed by atoms with Crippen LogP contribution in [0.2, 0.25) is 0 Å². The molecular weight excluding hydrogens is 217 g/mol. The second-order valence-electron chi connectivity index (χ2n) is 4.22. The molecule has 0 fully saturated rings. The molecule has 0 bridgehead atoms. The lowest BCUT2D eigenvalue weighted by Crippen LogP contribution is -2.17. The predicted octanol–water partition coefficient (Wildman–Crippen LogP) is 3.68. The minimum absolute atomic E-state index is 0.0902. The van der Waals surface area contributed by atoms with E-state index in [1.165, 1.54) is 18.9 Å². The summed E-state index contributed by atoms with van der Waals surface area (Å²) in [7, 11) is 3.42. The molecule has 0 amide bonds. The van der Waals surface area contributed by atoms with Gasteiger partial charge in [-0.25, -0.2) is 4.39 Å². The maximum atomic E-state index is 13.9. The SMILES string of the molecule is CCCCCC(NC)c1ccc(OC)cc1F. The summed E-state index contributed by atoms with van der Waals surface area (Å²) in [5, 5.41) is 3.17. The van der Waals surface area contributed by atoms with E-state index in [9.17, 15) is 4.39 Å². The van der Waals surface area contributed by atoms with Gasteiger partial charge < -0.3 is 10.1 Å². The van der Waals surface area contributed by atoms with Crippen LogP contribution in [0.5, 0.6) is 5.75 Å². The largest absolute Gasteiger partial charge is 0.497 e. The molecule has 3 heteroatoms. The van der Waals surface area contributed by atoms with Crippen molar-refractivity contribution in [2.75, 3.05) is 14.2 Å². The molecule has 0 radical (unpaired) electrons. The Balaban J connectivity index is 2.73. The van der Waals surface area contributed by atoms with Gasteiger partial charge in [-0.05, 0) is 19.5 Å². The molecular formula is C14H22FNO. The van der Waals surface area contributed by atoms with Crippen LogP contribution >= 0.6 is 0 Å². The highest BCUT2D eigenvalue weighted by Crippen LogP contribution is 2.25. The molecule has 96 valence electrons. The second-order valence-corrected chi connectivity index (χ2v) is 4.22. The van der Waals surface area contributed by atoms with E-state index < -0.39 is 0 Å². The van der Waals surface area contributed by atoms with E-state index in [0.717, 1.165) is 18.4 Å². The number of methoxy groups -OCH3 is 1. The van der Waals surface area contributed by atoms with Gasteiger partial charge in [0.2, 0.25) is 0 Å². The number of halogens is 1. The Morgan fingerprint density at radius 2 is 2.12 bits per heavy atom. The first-order valence-electron chi connectivity index (χ1n) is 6.23. The zero-order chi connectivity index (χ0) is 12.7. The third-order valence-electron chi connectivity index (χ3n) is 3.03. The van der Waals surface area contributed by atoms with Crippen molar-refractivity contribution in [3.8, 4) is 5.75 Å². The van der Waals surface area contributed by atoms with Crippen molar-refractivity contribution in [3.05, 3.63) is 29.6 Å². The zero-order valence-corrected chi connectivity index (χ0v) is 10.9. The van der Waals surface area contributed by atoms with Crippen molar-refractivity contribution in [3.63, 3.8) is 0 Å². The number of ether oxygens (including phenoxy) is 1. The van der Waals surface area contributed by atoms with Crippen LogP contribution in [0, 0.1) is 5.82 Å². The molecule has 1 N–H and O–H groups in total. The van der Waals surface area contributed by atoms with Crippen LogP contribution in [-0.2, 0) is 0 Å². The molecule has 0 aliphatic heterocycles. The zero-order valence-electron chi connectivity index (χ0n) is 10.9. The molecule has 0 heterocycles. The average molecular weight is 239 g/mol. The summed E-state index contributed by atoms with van der Waals surface area (Å²) < 4.78 is 18.9. The number of benzene rings is 1. The molecule has 1 atom stereocenters. The van der Waals surface area contributed by atoms with Crippen molar-refractivity contribution in [1.29, 1.82) is 0 Å². The Bertz CT molecular complexity index is 341. The fraction of sp³-hybridized carbons (Fsp3) is 0.571. The third-order valence-corrected chi connectivity index (χ3v) is 3.03. The van der Waals surface area contributed by atoms with Crippen LogP contribution in [0.1, 0.15) is 44.2 Å². The Morgan fingerprint density at radius 3 is 2.65 bits per heavy atom. The normalized spacial score (nSPS) is 12.5. The lowest BCUT2D eigenvalue weighted by atomic mass is 10.00. The van der Waals surface area contributed by atoms with Crippen LogP contribution in [0.15, 0.2) is 18.2 Å². The fourth-order valence-electron chi connectivity index (χ4n) is 1.97. The van der Waals surface area contributed by atoms with Crippen LogP contribution in [0.25, 0.3) is 0 Å². The van der Waals surface area contributed by atoms with Crippen LogP contribution in [0.4, 0.5) is 4.39 Å². The molecule has 0 saturated heterocycles. The van der Waals surface area contributed by atoms with E-state index in [-0.39, 0.29) is 11.9 Å². The van der Waals surface area contributed by atoms with Gasteiger partial charge in [-0.3, -0.25) is 0 Å². The quantitative estimate of drug-likeness (QED) is 0.733. The van der Waals surface area contributed by atoms with Crippen molar-refractivity contribution in [1.82, 2.24) is 5.32 Å². The first-order valence-corrected chi connectivity index (χ1v) is 6.23. The van der Waals surface area contributed by atoms with Crippen molar-refractivity contribution in [2.24, 2.45) is 0 Å². The Kier molecular flexibility index (Phi) is 5.98. The Labute approximate surface area is 103 Å². The van der Waals surface area contributed by atoms with E-state index >= 15 is 0 Å². The van der Waals surface area contributed by atoms with E-state index in [0.29, 0.717) is 5.75 Å². The predicted molar refractivity (Wildman–Crippen MR) is 68.9 cm³/mol. The highest BCUT2D eigenvalue weighted by molar-refractivity contribution is 5.30. The van der Waals surface area contributed by atoms with Gasteiger partial charge in [0.15, 0.2) is 0 Å². The standard InChI is InChI=1S/C14H22FNO/c1-4-5-6-7-14(16-2)12-9-8-11(17-3)10-13(12)15/h8-10,14,16H,4-7H2,1-3H3. The first-order chi connectivity index (χ1) is 8.22. The number of nitrogens with one attached hydrogen (secondary N) is 1. The highest BCUT2D eigenvalue weighted by Gasteiger charge is 2.14. The summed E-state index contributed by atoms with van der Waals surface area (Å²) >= 11 is 0. The minimum Gasteiger partial charge on any atom is -0.497 e. The molecule has 1 aromatic carbocycles. The van der Waals surface area contributed by atoms with Crippen molar-refractivity contribution >= 4 is 0 Å². The minimum atomic E-state index is -0.194. The maximum absolute atomic E-state index is 13.9. The fourth-order valence-corrected chi connectivity index (χ4v) is 1.97. The molecule has 0 aliphatic rings. The van der Waals surface area contributed by atoms with E-state index in [1.54, 1.807) is 13.2 Å². The summed E-state index contributed by atoms with van der Waals surface area (Å²) in [5.41, 5.74) is 0.726. The van der Waals surface area contributed by atoms with Crippen molar-refractivity contribution in [2.45, 2.75) is 38.6 Å². The first kappa shape index (κ1) is 14.0. The van der Waals surface area contributed by atoms with Crippen molar-refractivity contribution < 1.29 is 9.13 Å². The lowest BCUT2D eigenvalue weighted by molar-refractivity contribution is 0.408. The summed E-state index contributed by atoms with van der Waals surface area (Å²) in [6.07, 6.45) is 4.46. The number of unbranched alkanes of at least 4 members (excludes halogenated alkanes) is 2. The van der Waals surface area contributed by atoms with Gasteiger partial charge in [-0.1, -0.05) is 32.3 Å². The lowest BCUT2D eigenvalue weighted by Gasteiger charge is -2.17. The third kappa shape index (κ3) is 4.00. The summed E-state index contributed by atoms with van der Waals surface area (Å²) in [6.45, 7) is 2.17. The molecule has 0 aromatic heterocycles. The molecule has 0 spiro atoms. The van der Waals surface area contributed by atoms with Gasteiger partial charge in [-0.15, -0.1) is 0 Å². The van der Waals surface area contributed by atoms with Gasteiger partial charge in [0.05, 0.1) is 7.11 Å². The molecule has 17 heavy (non-hydrogen) atoms. The molecule has 0 saturated carbocycles. The molecule has 1 aromatic rings. The number of hydrogen-bond acceptors (Lipinski definition) is 2. The summed E-state index contributed by atoms with van der Waals surface area (Å²) in [5.74, 6) is 0.370. The Hall–Kier alpha value is -1.09. The van der Waals surface area contributed by atoms with Gasteiger partial charge in [0, 0.05) is 17.7 Å². The maximum Gasteiger partial charge on any atom is 0.131 e. The molecule has 0 aliphatic carbocycles. The highest BCUT2D eigenvalue weighted by atomic mass is 19.1. The van der Waals surface area contributed by atoms with Gasteiger partial charge in [0.25, 0.3) is 0 Å². The Morgan fingerprint density at radius 1 is 1.35 bits per heavy atom. The van der Waals surface area contributed by atoms with Gasteiger partial charge in [0.1, 0.15) is 11.6 Å². The molecule has 1 unspecified atom stereocenters. The van der Waals surface area contributed by atoms with Gasteiger partial charge >= 0.3 is 0 Å². The molecule has 2 nitrogen and oxygen atoms in total. The van der Waals surface area contributed by atoms with E-state index in [1.807, 2.05) is 13.1 Å². The smallest absolute Gasteiger partial charge is 0.131 e.